The number of rotatable bonds is 3. The van der Waals surface area contributed by atoms with Crippen molar-refractivity contribution in [2.75, 3.05) is 0 Å². The van der Waals surface area contributed by atoms with Gasteiger partial charge in [-0.1, -0.05) is 54.6 Å². The fourth-order valence-corrected chi connectivity index (χ4v) is 2.19. The summed E-state index contributed by atoms with van der Waals surface area (Å²) in [4.78, 5) is 0. The van der Waals surface area contributed by atoms with Gasteiger partial charge in [-0.2, -0.15) is 5.10 Å². The molecule has 0 unspecified atom stereocenters. The lowest BCUT2D eigenvalue weighted by atomic mass is 10.1. The van der Waals surface area contributed by atoms with E-state index in [0.717, 1.165) is 12.1 Å². The SMILES string of the molecule is Cc1ccccc1Cn1cc(-c2ccccc2)cn1. The molecule has 0 spiro atoms. The molecule has 0 atom stereocenters. The van der Waals surface area contributed by atoms with Crippen LogP contribution in [0.25, 0.3) is 11.1 Å². The topological polar surface area (TPSA) is 17.8 Å². The van der Waals surface area contributed by atoms with E-state index in [0.29, 0.717) is 0 Å². The van der Waals surface area contributed by atoms with Crippen LogP contribution in [-0.4, -0.2) is 9.78 Å². The zero-order chi connectivity index (χ0) is 13.1. The van der Waals surface area contributed by atoms with Crippen LogP contribution in [0.2, 0.25) is 0 Å². The molecule has 0 N–H and O–H groups in total. The van der Waals surface area contributed by atoms with Gasteiger partial charge in [-0.05, 0) is 23.6 Å². The van der Waals surface area contributed by atoms with E-state index in [2.05, 4.69) is 54.6 Å². The number of hydrogen-bond acceptors (Lipinski definition) is 1. The molecule has 0 bridgehead atoms. The highest BCUT2D eigenvalue weighted by Gasteiger charge is 2.03. The van der Waals surface area contributed by atoms with Crippen molar-refractivity contribution < 1.29 is 0 Å². The summed E-state index contributed by atoms with van der Waals surface area (Å²) in [7, 11) is 0. The normalized spacial score (nSPS) is 10.6. The highest BCUT2D eigenvalue weighted by Crippen LogP contribution is 2.18. The summed E-state index contributed by atoms with van der Waals surface area (Å²) in [6, 6.07) is 18.8. The molecule has 2 heteroatoms. The summed E-state index contributed by atoms with van der Waals surface area (Å²) in [6.07, 6.45) is 4.02. The second-order valence-corrected chi connectivity index (χ2v) is 4.72. The minimum absolute atomic E-state index is 0.819. The Bertz CT molecular complexity index is 668. The largest absolute Gasteiger partial charge is 0.268 e. The number of benzene rings is 2. The third-order valence-electron chi connectivity index (χ3n) is 3.33. The van der Waals surface area contributed by atoms with Crippen LogP contribution >= 0.6 is 0 Å². The predicted molar refractivity (Wildman–Crippen MR) is 77.9 cm³/mol. The standard InChI is InChI=1S/C17H16N2/c1-14-7-5-6-10-16(14)12-19-13-17(11-18-19)15-8-3-2-4-9-15/h2-11,13H,12H2,1H3. The van der Waals surface area contributed by atoms with Crippen LogP contribution in [0, 0.1) is 6.92 Å². The Morgan fingerprint density at radius 1 is 0.895 bits per heavy atom. The Balaban J connectivity index is 1.85. The van der Waals surface area contributed by atoms with Crippen LogP contribution in [0.5, 0.6) is 0 Å². The number of aryl methyl sites for hydroxylation is 1. The third-order valence-corrected chi connectivity index (χ3v) is 3.33. The lowest BCUT2D eigenvalue weighted by Gasteiger charge is -2.05. The van der Waals surface area contributed by atoms with Crippen LogP contribution in [0.3, 0.4) is 0 Å². The summed E-state index contributed by atoms with van der Waals surface area (Å²) < 4.78 is 1.99. The van der Waals surface area contributed by atoms with Crippen molar-refractivity contribution in [3.63, 3.8) is 0 Å². The van der Waals surface area contributed by atoms with E-state index in [1.54, 1.807) is 0 Å². The number of nitrogens with zero attached hydrogens (tertiary/aromatic N) is 2. The van der Waals surface area contributed by atoms with Gasteiger partial charge < -0.3 is 0 Å². The quantitative estimate of drug-likeness (QED) is 0.687. The molecule has 3 aromatic rings. The number of aromatic nitrogens is 2. The molecule has 1 aromatic heterocycles. The van der Waals surface area contributed by atoms with Gasteiger partial charge in [-0.25, -0.2) is 0 Å². The van der Waals surface area contributed by atoms with E-state index in [1.807, 2.05) is 29.1 Å². The van der Waals surface area contributed by atoms with Gasteiger partial charge >= 0.3 is 0 Å². The monoisotopic (exact) mass is 248 g/mol. The maximum Gasteiger partial charge on any atom is 0.0662 e. The van der Waals surface area contributed by atoms with E-state index < -0.39 is 0 Å². The van der Waals surface area contributed by atoms with Gasteiger partial charge in [0.05, 0.1) is 12.7 Å². The van der Waals surface area contributed by atoms with E-state index >= 15 is 0 Å². The summed E-state index contributed by atoms with van der Waals surface area (Å²) >= 11 is 0. The highest BCUT2D eigenvalue weighted by molar-refractivity contribution is 5.61. The van der Waals surface area contributed by atoms with Gasteiger partial charge in [0.2, 0.25) is 0 Å². The lowest BCUT2D eigenvalue weighted by molar-refractivity contribution is 0.684. The summed E-state index contributed by atoms with van der Waals surface area (Å²) in [6.45, 7) is 2.95. The summed E-state index contributed by atoms with van der Waals surface area (Å²) in [5, 5.41) is 4.45. The van der Waals surface area contributed by atoms with Gasteiger partial charge in [0.1, 0.15) is 0 Å². The first-order valence-electron chi connectivity index (χ1n) is 6.45. The molecule has 1 heterocycles. The molecule has 0 amide bonds. The lowest BCUT2D eigenvalue weighted by Crippen LogP contribution is -2.01. The first-order chi connectivity index (χ1) is 9.33. The van der Waals surface area contributed by atoms with E-state index in [4.69, 9.17) is 0 Å². The fraction of sp³-hybridized carbons (Fsp3) is 0.118. The molecule has 0 radical (unpaired) electrons. The van der Waals surface area contributed by atoms with Crippen molar-refractivity contribution in [2.45, 2.75) is 13.5 Å². The van der Waals surface area contributed by atoms with Crippen LogP contribution in [0.4, 0.5) is 0 Å². The minimum Gasteiger partial charge on any atom is -0.268 e. The molecule has 0 aliphatic rings. The molecule has 19 heavy (non-hydrogen) atoms. The average Bonchev–Trinajstić information content (AvgIpc) is 2.91. The molecular weight excluding hydrogens is 232 g/mol. The Morgan fingerprint density at radius 2 is 1.63 bits per heavy atom. The maximum atomic E-state index is 4.45. The number of hydrogen-bond donors (Lipinski definition) is 0. The highest BCUT2D eigenvalue weighted by atomic mass is 15.3. The van der Waals surface area contributed by atoms with Crippen LogP contribution in [-0.2, 0) is 6.54 Å². The van der Waals surface area contributed by atoms with Crippen LogP contribution < -0.4 is 0 Å². The molecule has 0 saturated carbocycles. The van der Waals surface area contributed by atoms with Gasteiger partial charge in [-0.15, -0.1) is 0 Å². The molecule has 0 aliphatic heterocycles. The van der Waals surface area contributed by atoms with Crippen LogP contribution in [0.1, 0.15) is 11.1 Å². The third kappa shape index (κ3) is 2.58. The molecule has 94 valence electrons. The van der Waals surface area contributed by atoms with Crippen LogP contribution in [0.15, 0.2) is 67.0 Å². The Labute approximate surface area is 113 Å². The zero-order valence-electron chi connectivity index (χ0n) is 11.0. The van der Waals surface area contributed by atoms with Crippen molar-refractivity contribution in [2.24, 2.45) is 0 Å². The summed E-state index contributed by atoms with van der Waals surface area (Å²) in [5.74, 6) is 0. The average molecular weight is 248 g/mol. The second-order valence-electron chi connectivity index (χ2n) is 4.72. The fourth-order valence-electron chi connectivity index (χ4n) is 2.19. The van der Waals surface area contributed by atoms with E-state index in [-0.39, 0.29) is 0 Å². The Hall–Kier alpha value is -2.35. The molecule has 3 rings (SSSR count). The van der Waals surface area contributed by atoms with Crippen molar-refractivity contribution >= 4 is 0 Å². The van der Waals surface area contributed by atoms with Crippen molar-refractivity contribution in [3.05, 3.63) is 78.1 Å². The van der Waals surface area contributed by atoms with Crippen molar-refractivity contribution in [3.8, 4) is 11.1 Å². The van der Waals surface area contributed by atoms with Gasteiger partial charge in [0.15, 0.2) is 0 Å². The molecule has 2 nitrogen and oxygen atoms in total. The van der Waals surface area contributed by atoms with Gasteiger partial charge in [0.25, 0.3) is 0 Å². The molecule has 0 fully saturated rings. The first kappa shape index (κ1) is 11.7. The molecular formula is C17H16N2. The van der Waals surface area contributed by atoms with E-state index in [9.17, 15) is 0 Å². The molecule has 0 saturated heterocycles. The second kappa shape index (κ2) is 5.11. The van der Waals surface area contributed by atoms with Gasteiger partial charge in [0, 0.05) is 11.8 Å². The molecule has 0 aliphatic carbocycles. The minimum atomic E-state index is 0.819. The van der Waals surface area contributed by atoms with Crippen molar-refractivity contribution in [1.82, 2.24) is 9.78 Å². The van der Waals surface area contributed by atoms with Gasteiger partial charge in [-0.3, -0.25) is 4.68 Å². The first-order valence-corrected chi connectivity index (χ1v) is 6.45. The maximum absolute atomic E-state index is 4.45. The van der Waals surface area contributed by atoms with E-state index in [1.165, 1.54) is 16.7 Å². The zero-order valence-corrected chi connectivity index (χ0v) is 11.0. The smallest absolute Gasteiger partial charge is 0.0662 e. The predicted octanol–water partition coefficient (Wildman–Crippen LogP) is 3.91. The van der Waals surface area contributed by atoms with Crippen molar-refractivity contribution in [1.29, 1.82) is 0 Å². The Kier molecular flexibility index (Phi) is 3.15. The molecule has 2 aromatic carbocycles. The Morgan fingerprint density at radius 3 is 2.42 bits per heavy atom. The summed E-state index contributed by atoms with van der Waals surface area (Å²) in [5.41, 5.74) is 4.98.